The summed E-state index contributed by atoms with van der Waals surface area (Å²) in [5.74, 6) is 0.0703. The Bertz CT molecular complexity index is 677. The number of amides is 1. The number of hydrogen-bond acceptors (Lipinski definition) is 4. The molecule has 0 unspecified atom stereocenters. The van der Waals surface area contributed by atoms with Crippen LogP contribution in [0.15, 0.2) is 46.9 Å². The van der Waals surface area contributed by atoms with E-state index in [1.54, 1.807) is 17.6 Å². The molecule has 4 nitrogen and oxygen atoms in total. The number of hydrazone groups is 1. The van der Waals surface area contributed by atoms with Gasteiger partial charge in [0.2, 0.25) is 5.91 Å². The molecule has 2 aromatic rings. The van der Waals surface area contributed by atoms with Crippen molar-refractivity contribution in [3.8, 4) is 0 Å². The lowest BCUT2D eigenvalue weighted by Gasteiger charge is -2.30. The summed E-state index contributed by atoms with van der Waals surface area (Å²) in [6, 6.07) is 11.9. The molecule has 3 rings (SSSR count). The summed E-state index contributed by atoms with van der Waals surface area (Å²) in [5.41, 5.74) is 3.92. The quantitative estimate of drug-likeness (QED) is 0.651. The molecular weight excluding hydrogens is 342 g/mol. The summed E-state index contributed by atoms with van der Waals surface area (Å²) >= 11 is 7.51. The zero-order chi connectivity index (χ0) is 16.8. The SMILES string of the molecule is O=C(N/N=C\c1cccs1)C1CCN(Cc2ccc(Cl)cc2)CC1. The van der Waals surface area contributed by atoms with Crippen molar-refractivity contribution in [3.05, 3.63) is 57.2 Å². The highest BCUT2D eigenvalue weighted by atomic mass is 35.5. The lowest BCUT2D eigenvalue weighted by atomic mass is 9.96. The zero-order valence-electron chi connectivity index (χ0n) is 13.3. The third-order valence-electron chi connectivity index (χ3n) is 4.19. The predicted molar refractivity (Wildman–Crippen MR) is 99.5 cm³/mol. The number of nitrogens with zero attached hydrogens (tertiary/aromatic N) is 2. The van der Waals surface area contributed by atoms with Gasteiger partial charge in [-0.15, -0.1) is 11.3 Å². The minimum Gasteiger partial charge on any atom is -0.299 e. The van der Waals surface area contributed by atoms with Gasteiger partial charge in [0.05, 0.1) is 6.21 Å². The smallest absolute Gasteiger partial charge is 0.243 e. The Hall–Kier alpha value is -1.69. The summed E-state index contributed by atoms with van der Waals surface area (Å²) in [7, 11) is 0. The Morgan fingerprint density at radius 3 is 2.71 bits per heavy atom. The number of rotatable bonds is 5. The molecule has 1 aliphatic rings. The topological polar surface area (TPSA) is 44.7 Å². The van der Waals surface area contributed by atoms with Crippen LogP contribution in [-0.4, -0.2) is 30.1 Å². The second-order valence-corrected chi connectivity index (χ2v) is 7.34. The molecule has 1 aromatic heterocycles. The van der Waals surface area contributed by atoms with Gasteiger partial charge in [-0.1, -0.05) is 29.8 Å². The van der Waals surface area contributed by atoms with Gasteiger partial charge in [0, 0.05) is 22.4 Å². The molecule has 0 bridgehead atoms. The third kappa shape index (κ3) is 4.90. The number of thiophene rings is 1. The summed E-state index contributed by atoms with van der Waals surface area (Å²) in [6.45, 7) is 2.76. The molecule has 126 valence electrons. The average molecular weight is 362 g/mol. The van der Waals surface area contributed by atoms with Crippen LogP contribution in [0, 0.1) is 5.92 Å². The maximum Gasteiger partial charge on any atom is 0.243 e. The van der Waals surface area contributed by atoms with Crippen molar-refractivity contribution in [2.24, 2.45) is 11.0 Å². The van der Waals surface area contributed by atoms with Gasteiger partial charge in [-0.3, -0.25) is 9.69 Å². The molecule has 0 aliphatic carbocycles. The second-order valence-electron chi connectivity index (χ2n) is 5.93. The Labute approximate surface area is 151 Å². The Balaban J connectivity index is 1.42. The van der Waals surface area contributed by atoms with E-state index in [9.17, 15) is 4.79 Å². The van der Waals surface area contributed by atoms with Gasteiger partial charge < -0.3 is 0 Å². The number of carbonyl (C=O) groups is 1. The van der Waals surface area contributed by atoms with Crippen LogP contribution in [0.3, 0.4) is 0 Å². The van der Waals surface area contributed by atoms with Crippen molar-refractivity contribution in [1.82, 2.24) is 10.3 Å². The Morgan fingerprint density at radius 2 is 2.04 bits per heavy atom. The number of carbonyl (C=O) groups excluding carboxylic acids is 1. The van der Waals surface area contributed by atoms with E-state index in [1.165, 1.54) is 5.56 Å². The monoisotopic (exact) mass is 361 g/mol. The van der Waals surface area contributed by atoms with Crippen LogP contribution < -0.4 is 5.43 Å². The highest BCUT2D eigenvalue weighted by molar-refractivity contribution is 7.11. The van der Waals surface area contributed by atoms with Crippen molar-refractivity contribution in [3.63, 3.8) is 0 Å². The van der Waals surface area contributed by atoms with Gasteiger partial charge in [0.1, 0.15) is 0 Å². The van der Waals surface area contributed by atoms with Gasteiger partial charge >= 0.3 is 0 Å². The standard InChI is InChI=1S/C18H20ClN3OS/c19-16-5-3-14(4-6-16)13-22-9-7-15(8-10-22)18(23)21-20-12-17-2-1-11-24-17/h1-6,11-12,15H,7-10,13H2,(H,21,23)/b20-12-. The van der Waals surface area contributed by atoms with Crippen molar-refractivity contribution in [1.29, 1.82) is 0 Å². The van der Waals surface area contributed by atoms with Crippen LogP contribution in [0.1, 0.15) is 23.3 Å². The molecule has 1 aliphatic heterocycles. The van der Waals surface area contributed by atoms with Crippen molar-refractivity contribution >= 4 is 35.1 Å². The number of likely N-dealkylation sites (tertiary alicyclic amines) is 1. The fraction of sp³-hybridized carbons (Fsp3) is 0.333. The molecule has 24 heavy (non-hydrogen) atoms. The normalized spacial score (nSPS) is 16.5. The van der Waals surface area contributed by atoms with Crippen LogP contribution in [0.2, 0.25) is 5.02 Å². The molecule has 1 saturated heterocycles. The molecular formula is C18H20ClN3OS. The lowest BCUT2D eigenvalue weighted by molar-refractivity contribution is -0.126. The maximum absolute atomic E-state index is 12.2. The van der Waals surface area contributed by atoms with E-state index in [4.69, 9.17) is 11.6 Å². The third-order valence-corrected chi connectivity index (χ3v) is 5.25. The molecule has 0 saturated carbocycles. The predicted octanol–water partition coefficient (Wildman–Crippen LogP) is 3.76. The molecule has 6 heteroatoms. The number of nitrogens with one attached hydrogen (secondary N) is 1. The molecule has 1 N–H and O–H groups in total. The molecule has 0 atom stereocenters. The Morgan fingerprint density at radius 1 is 1.29 bits per heavy atom. The zero-order valence-corrected chi connectivity index (χ0v) is 14.9. The Kier molecular flexibility index (Phi) is 6.01. The second kappa shape index (κ2) is 8.42. The first kappa shape index (κ1) is 17.1. The minimum atomic E-state index is 0.0222. The fourth-order valence-corrected chi connectivity index (χ4v) is 3.53. The van der Waals surface area contributed by atoms with E-state index in [1.807, 2.05) is 29.6 Å². The molecule has 2 heterocycles. The van der Waals surface area contributed by atoms with Crippen LogP contribution in [0.25, 0.3) is 0 Å². The first-order chi connectivity index (χ1) is 11.7. The van der Waals surface area contributed by atoms with Crippen LogP contribution in [0.5, 0.6) is 0 Å². The number of benzene rings is 1. The van der Waals surface area contributed by atoms with Gasteiger partial charge in [0.15, 0.2) is 0 Å². The highest BCUT2D eigenvalue weighted by Gasteiger charge is 2.24. The maximum atomic E-state index is 12.2. The molecule has 0 spiro atoms. The van der Waals surface area contributed by atoms with E-state index in [-0.39, 0.29) is 11.8 Å². The van der Waals surface area contributed by atoms with Crippen LogP contribution >= 0.6 is 22.9 Å². The molecule has 0 radical (unpaired) electrons. The summed E-state index contributed by atoms with van der Waals surface area (Å²) in [4.78, 5) is 15.6. The van der Waals surface area contributed by atoms with Crippen LogP contribution in [0.4, 0.5) is 0 Å². The number of piperidine rings is 1. The molecule has 1 amide bonds. The van der Waals surface area contributed by atoms with E-state index >= 15 is 0 Å². The minimum absolute atomic E-state index is 0.0222. The van der Waals surface area contributed by atoms with Gasteiger partial charge in [0.25, 0.3) is 0 Å². The van der Waals surface area contributed by atoms with Crippen molar-refractivity contribution in [2.75, 3.05) is 13.1 Å². The van der Waals surface area contributed by atoms with Crippen LogP contribution in [-0.2, 0) is 11.3 Å². The van der Waals surface area contributed by atoms with E-state index in [0.717, 1.165) is 42.4 Å². The van der Waals surface area contributed by atoms with Gasteiger partial charge in [-0.2, -0.15) is 5.10 Å². The average Bonchev–Trinajstić information content (AvgIpc) is 3.11. The van der Waals surface area contributed by atoms with Crippen molar-refractivity contribution in [2.45, 2.75) is 19.4 Å². The molecule has 1 aromatic carbocycles. The lowest BCUT2D eigenvalue weighted by Crippen LogP contribution is -2.39. The van der Waals surface area contributed by atoms with E-state index in [2.05, 4.69) is 27.6 Å². The summed E-state index contributed by atoms with van der Waals surface area (Å²) < 4.78 is 0. The fourth-order valence-electron chi connectivity index (χ4n) is 2.82. The summed E-state index contributed by atoms with van der Waals surface area (Å²) in [6.07, 6.45) is 3.43. The van der Waals surface area contributed by atoms with E-state index < -0.39 is 0 Å². The molecule has 1 fully saturated rings. The highest BCUT2D eigenvalue weighted by Crippen LogP contribution is 2.20. The first-order valence-electron chi connectivity index (χ1n) is 8.04. The number of halogens is 1. The van der Waals surface area contributed by atoms with Gasteiger partial charge in [-0.25, -0.2) is 5.43 Å². The van der Waals surface area contributed by atoms with Gasteiger partial charge in [-0.05, 0) is 55.1 Å². The largest absolute Gasteiger partial charge is 0.299 e. The number of hydrogen-bond donors (Lipinski definition) is 1. The van der Waals surface area contributed by atoms with Crippen molar-refractivity contribution < 1.29 is 4.79 Å². The van der Waals surface area contributed by atoms with E-state index in [0.29, 0.717) is 0 Å². The summed E-state index contributed by atoms with van der Waals surface area (Å²) in [5, 5.41) is 6.79. The first-order valence-corrected chi connectivity index (χ1v) is 9.30.